The van der Waals surface area contributed by atoms with Gasteiger partial charge in [-0.1, -0.05) is 0 Å². The second-order valence-electron chi connectivity index (χ2n) is 5.05. The van der Waals surface area contributed by atoms with Gasteiger partial charge < -0.3 is 14.3 Å². The molecule has 1 fully saturated rings. The summed E-state index contributed by atoms with van der Waals surface area (Å²) in [6, 6.07) is 0.245. The molecule has 18 heavy (non-hydrogen) atoms. The van der Waals surface area contributed by atoms with Crippen LogP contribution in [0.25, 0.3) is 11.5 Å². The number of hydrogen-bond donors (Lipinski definition) is 1. The summed E-state index contributed by atoms with van der Waals surface area (Å²) in [5, 5.41) is 11.9. The molecule has 1 atom stereocenters. The highest BCUT2D eigenvalue weighted by atomic mass is 16.3. The summed E-state index contributed by atoms with van der Waals surface area (Å²) in [6.45, 7) is 3.92. The van der Waals surface area contributed by atoms with Crippen molar-refractivity contribution in [2.75, 3.05) is 6.54 Å². The predicted molar refractivity (Wildman–Crippen MR) is 63.9 cm³/mol. The van der Waals surface area contributed by atoms with Crippen molar-refractivity contribution in [1.82, 2.24) is 25.1 Å². The Bertz CT molecular complexity index is 583. The molecular formula is C12H15N5O. The molecule has 0 unspecified atom stereocenters. The van der Waals surface area contributed by atoms with Crippen molar-refractivity contribution in [2.45, 2.75) is 38.3 Å². The van der Waals surface area contributed by atoms with Crippen LogP contribution in [-0.2, 0) is 6.54 Å². The number of hydrogen-bond acceptors (Lipinski definition) is 5. The lowest BCUT2D eigenvalue weighted by molar-refractivity contribution is 0.438. The SMILES string of the molecule is C[C@H]1NCCn2c(-c3coc(C4CC4)n3)nnc21. The first-order valence-electron chi connectivity index (χ1n) is 6.45. The van der Waals surface area contributed by atoms with Gasteiger partial charge in [-0.2, -0.15) is 0 Å². The van der Waals surface area contributed by atoms with Gasteiger partial charge in [0, 0.05) is 19.0 Å². The summed E-state index contributed by atoms with van der Waals surface area (Å²) in [7, 11) is 0. The lowest BCUT2D eigenvalue weighted by Gasteiger charge is -2.21. The van der Waals surface area contributed by atoms with E-state index >= 15 is 0 Å². The Hall–Kier alpha value is -1.69. The quantitative estimate of drug-likeness (QED) is 0.867. The summed E-state index contributed by atoms with van der Waals surface area (Å²) in [5.74, 6) is 3.19. The molecule has 1 aliphatic carbocycles. The minimum atomic E-state index is 0.245. The van der Waals surface area contributed by atoms with Crippen molar-refractivity contribution in [1.29, 1.82) is 0 Å². The van der Waals surface area contributed by atoms with E-state index in [1.807, 2.05) is 0 Å². The standard InChI is InChI=1S/C12H15N5O/c1-7-10-15-16-11(17(10)5-4-13-7)9-6-18-12(14-9)8-2-3-8/h6-8,13H,2-5H2,1H3/t7-/m1/s1. The monoisotopic (exact) mass is 245 g/mol. The molecule has 3 heterocycles. The maximum absolute atomic E-state index is 5.52. The van der Waals surface area contributed by atoms with Gasteiger partial charge in [-0.25, -0.2) is 4.98 Å². The van der Waals surface area contributed by atoms with Crippen LogP contribution < -0.4 is 5.32 Å². The van der Waals surface area contributed by atoms with Crippen molar-refractivity contribution in [2.24, 2.45) is 0 Å². The zero-order chi connectivity index (χ0) is 12.1. The smallest absolute Gasteiger partial charge is 0.197 e. The van der Waals surface area contributed by atoms with Crippen LogP contribution >= 0.6 is 0 Å². The van der Waals surface area contributed by atoms with Gasteiger partial charge >= 0.3 is 0 Å². The Kier molecular flexibility index (Phi) is 2.08. The highest BCUT2D eigenvalue weighted by Gasteiger charge is 2.30. The van der Waals surface area contributed by atoms with Gasteiger partial charge in [0.25, 0.3) is 0 Å². The number of oxazole rings is 1. The number of rotatable bonds is 2. The Morgan fingerprint density at radius 2 is 2.28 bits per heavy atom. The third-order valence-corrected chi connectivity index (χ3v) is 3.63. The lowest BCUT2D eigenvalue weighted by Crippen LogP contribution is -2.32. The van der Waals surface area contributed by atoms with Crippen molar-refractivity contribution < 1.29 is 4.42 Å². The maximum Gasteiger partial charge on any atom is 0.197 e. The molecule has 6 nitrogen and oxygen atoms in total. The molecule has 0 radical (unpaired) electrons. The average Bonchev–Trinajstić information content (AvgIpc) is 2.95. The van der Waals surface area contributed by atoms with Crippen molar-refractivity contribution in [3.63, 3.8) is 0 Å². The van der Waals surface area contributed by atoms with Gasteiger partial charge in [0.1, 0.15) is 17.8 Å². The molecule has 1 saturated carbocycles. The molecule has 0 amide bonds. The first-order chi connectivity index (χ1) is 8.83. The van der Waals surface area contributed by atoms with Gasteiger partial charge in [0.15, 0.2) is 11.7 Å². The van der Waals surface area contributed by atoms with Gasteiger partial charge in [-0.05, 0) is 19.8 Å². The van der Waals surface area contributed by atoms with E-state index in [1.54, 1.807) is 6.26 Å². The summed E-state index contributed by atoms with van der Waals surface area (Å²) in [5.41, 5.74) is 0.810. The van der Waals surface area contributed by atoms with E-state index in [-0.39, 0.29) is 6.04 Å². The van der Waals surface area contributed by atoms with Crippen LogP contribution in [0.3, 0.4) is 0 Å². The normalized spacial score (nSPS) is 23.1. The number of fused-ring (bicyclic) bond motifs is 1. The topological polar surface area (TPSA) is 68.8 Å². The van der Waals surface area contributed by atoms with Crippen LogP contribution in [0, 0.1) is 0 Å². The third kappa shape index (κ3) is 1.49. The average molecular weight is 245 g/mol. The van der Waals surface area contributed by atoms with E-state index in [1.165, 1.54) is 12.8 Å². The maximum atomic E-state index is 5.52. The minimum Gasteiger partial charge on any atom is -0.448 e. The molecule has 1 N–H and O–H groups in total. The molecule has 2 aliphatic rings. The van der Waals surface area contributed by atoms with Gasteiger partial charge in [0.2, 0.25) is 0 Å². The largest absolute Gasteiger partial charge is 0.448 e. The van der Waals surface area contributed by atoms with E-state index in [0.29, 0.717) is 5.92 Å². The molecule has 2 aromatic heterocycles. The van der Waals surface area contributed by atoms with E-state index in [0.717, 1.165) is 36.3 Å². The fourth-order valence-corrected chi connectivity index (χ4v) is 2.44. The highest BCUT2D eigenvalue weighted by molar-refractivity contribution is 5.48. The van der Waals surface area contributed by atoms with Crippen LogP contribution in [0.15, 0.2) is 10.7 Å². The van der Waals surface area contributed by atoms with Crippen LogP contribution in [0.4, 0.5) is 0 Å². The fourth-order valence-electron chi connectivity index (χ4n) is 2.44. The second kappa shape index (κ2) is 3.65. The fraction of sp³-hybridized carbons (Fsp3) is 0.583. The molecular weight excluding hydrogens is 230 g/mol. The van der Waals surface area contributed by atoms with Gasteiger partial charge in [-0.15, -0.1) is 10.2 Å². The van der Waals surface area contributed by atoms with E-state index in [9.17, 15) is 0 Å². The molecule has 4 rings (SSSR count). The predicted octanol–water partition coefficient (Wildman–Crippen LogP) is 1.47. The van der Waals surface area contributed by atoms with E-state index in [2.05, 4.69) is 32.0 Å². The number of nitrogens with one attached hydrogen (secondary N) is 1. The first-order valence-corrected chi connectivity index (χ1v) is 6.45. The van der Waals surface area contributed by atoms with Crippen LogP contribution in [0.1, 0.15) is 43.4 Å². The summed E-state index contributed by atoms with van der Waals surface area (Å²) in [4.78, 5) is 4.54. The van der Waals surface area contributed by atoms with Crippen molar-refractivity contribution in [3.05, 3.63) is 18.0 Å². The molecule has 94 valence electrons. The first kappa shape index (κ1) is 10.3. The Morgan fingerprint density at radius 3 is 3.11 bits per heavy atom. The summed E-state index contributed by atoms with van der Waals surface area (Å²) < 4.78 is 7.66. The van der Waals surface area contributed by atoms with Crippen LogP contribution in [-0.4, -0.2) is 26.3 Å². The molecule has 0 bridgehead atoms. The lowest BCUT2D eigenvalue weighted by atomic mass is 10.2. The summed E-state index contributed by atoms with van der Waals surface area (Å²) in [6.07, 6.45) is 4.09. The third-order valence-electron chi connectivity index (χ3n) is 3.63. The molecule has 0 aromatic carbocycles. The number of aromatic nitrogens is 4. The van der Waals surface area contributed by atoms with Crippen molar-refractivity contribution in [3.8, 4) is 11.5 Å². The molecule has 0 saturated heterocycles. The van der Waals surface area contributed by atoms with Crippen molar-refractivity contribution >= 4 is 0 Å². The van der Waals surface area contributed by atoms with Crippen LogP contribution in [0.5, 0.6) is 0 Å². The molecule has 1 aliphatic heterocycles. The zero-order valence-corrected chi connectivity index (χ0v) is 10.3. The molecule has 6 heteroatoms. The van der Waals surface area contributed by atoms with E-state index in [4.69, 9.17) is 4.42 Å². The second-order valence-corrected chi connectivity index (χ2v) is 5.05. The molecule has 2 aromatic rings. The Balaban J connectivity index is 1.75. The highest BCUT2D eigenvalue weighted by Crippen LogP contribution is 2.40. The minimum absolute atomic E-state index is 0.245. The van der Waals surface area contributed by atoms with Gasteiger partial charge in [0.05, 0.1) is 6.04 Å². The zero-order valence-electron chi connectivity index (χ0n) is 10.3. The molecule has 0 spiro atoms. The summed E-state index contributed by atoms with van der Waals surface area (Å²) >= 11 is 0. The van der Waals surface area contributed by atoms with Crippen LogP contribution in [0.2, 0.25) is 0 Å². The Morgan fingerprint density at radius 1 is 1.39 bits per heavy atom. The Labute approximate surface area is 104 Å². The van der Waals surface area contributed by atoms with Gasteiger partial charge in [-0.3, -0.25) is 0 Å². The van der Waals surface area contributed by atoms with E-state index < -0.39 is 0 Å². The number of nitrogens with zero attached hydrogens (tertiary/aromatic N) is 4.